The molecule has 17 heavy (non-hydrogen) atoms. The van der Waals surface area contributed by atoms with Crippen molar-refractivity contribution in [2.45, 2.75) is 37.4 Å². The molecule has 1 aliphatic rings. The first-order valence-corrected chi connectivity index (χ1v) is 7.05. The molecule has 0 radical (unpaired) electrons. The highest BCUT2D eigenvalue weighted by Gasteiger charge is 2.23. The van der Waals surface area contributed by atoms with Crippen LogP contribution in [0.25, 0.3) is 0 Å². The van der Waals surface area contributed by atoms with E-state index < -0.39 is 6.10 Å². The van der Waals surface area contributed by atoms with Crippen LogP contribution in [0.5, 0.6) is 0 Å². The molecule has 2 rings (SSSR count). The van der Waals surface area contributed by atoms with Gasteiger partial charge in [0.1, 0.15) is 5.82 Å². The number of aliphatic hydroxyl groups is 1. The van der Waals surface area contributed by atoms with E-state index >= 15 is 0 Å². The van der Waals surface area contributed by atoms with Crippen LogP contribution in [0.1, 0.15) is 32.4 Å². The third kappa shape index (κ3) is 3.13. The lowest BCUT2D eigenvalue weighted by molar-refractivity contribution is 0.199. The monoisotopic (exact) mass is 252 g/mol. The normalized spacial score (nSPS) is 26.9. The molecule has 0 spiro atoms. The van der Waals surface area contributed by atoms with Gasteiger partial charge in [0.25, 0.3) is 0 Å². The summed E-state index contributed by atoms with van der Waals surface area (Å²) < 4.78 is 0. The van der Waals surface area contributed by atoms with Crippen molar-refractivity contribution in [3.8, 4) is 0 Å². The summed E-state index contributed by atoms with van der Waals surface area (Å²) in [6.07, 6.45) is 1.36. The minimum Gasteiger partial charge on any atom is -0.389 e. The Bertz CT molecular complexity index is 373. The summed E-state index contributed by atoms with van der Waals surface area (Å²) in [5, 5.41) is 10.9. The molecule has 1 aromatic heterocycles. The van der Waals surface area contributed by atoms with Gasteiger partial charge in [0, 0.05) is 29.8 Å². The maximum absolute atomic E-state index is 9.60. The summed E-state index contributed by atoms with van der Waals surface area (Å²) >= 11 is 2.03. The molecule has 94 valence electrons. The molecule has 3 unspecified atom stereocenters. The van der Waals surface area contributed by atoms with Crippen LogP contribution in [0, 0.1) is 0 Å². The van der Waals surface area contributed by atoms with Gasteiger partial charge in [-0.1, -0.05) is 13.8 Å². The molecule has 0 saturated carbocycles. The van der Waals surface area contributed by atoms with Crippen LogP contribution >= 0.6 is 11.8 Å². The van der Waals surface area contributed by atoms with E-state index in [-0.39, 0.29) is 0 Å². The zero-order valence-corrected chi connectivity index (χ0v) is 11.4. The predicted octanol–water partition coefficient (Wildman–Crippen LogP) is 2.47. The molecule has 1 saturated heterocycles. The summed E-state index contributed by atoms with van der Waals surface area (Å²) in [4.78, 5) is 6.74. The molecule has 1 fully saturated rings. The van der Waals surface area contributed by atoms with Crippen LogP contribution in [0.4, 0.5) is 5.82 Å². The summed E-state index contributed by atoms with van der Waals surface area (Å²) in [5.41, 5.74) is 0.938. The highest BCUT2D eigenvalue weighted by molar-refractivity contribution is 8.00. The van der Waals surface area contributed by atoms with Gasteiger partial charge in [-0.05, 0) is 24.6 Å². The molecule has 0 aromatic carbocycles. The highest BCUT2D eigenvalue weighted by Crippen LogP contribution is 2.28. The van der Waals surface area contributed by atoms with Crippen molar-refractivity contribution >= 4 is 17.6 Å². The summed E-state index contributed by atoms with van der Waals surface area (Å²) in [5.74, 6) is 0.988. The number of nitrogens with zero attached hydrogens (tertiary/aromatic N) is 2. The van der Waals surface area contributed by atoms with E-state index in [9.17, 15) is 5.11 Å². The fraction of sp³-hybridized carbons (Fsp3) is 0.615. The average molecular weight is 252 g/mol. The van der Waals surface area contributed by atoms with Crippen molar-refractivity contribution in [3.05, 3.63) is 23.9 Å². The van der Waals surface area contributed by atoms with E-state index in [4.69, 9.17) is 0 Å². The lowest BCUT2D eigenvalue weighted by atomic mass is 10.1. The van der Waals surface area contributed by atoms with Crippen molar-refractivity contribution in [2.75, 3.05) is 18.0 Å². The van der Waals surface area contributed by atoms with Crippen LogP contribution in [-0.2, 0) is 0 Å². The van der Waals surface area contributed by atoms with Gasteiger partial charge in [0.2, 0.25) is 0 Å². The lowest BCUT2D eigenvalue weighted by Gasteiger charge is -2.35. The first-order chi connectivity index (χ1) is 8.06. The van der Waals surface area contributed by atoms with Crippen molar-refractivity contribution < 1.29 is 5.11 Å². The van der Waals surface area contributed by atoms with E-state index in [1.807, 2.05) is 23.9 Å². The molecule has 1 aliphatic heterocycles. The molecule has 2 heterocycles. The van der Waals surface area contributed by atoms with E-state index in [1.54, 1.807) is 13.1 Å². The smallest absolute Gasteiger partial charge is 0.128 e. The second-order valence-corrected chi connectivity index (χ2v) is 6.67. The Morgan fingerprint density at radius 2 is 2.06 bits per heavy atom. The maximum atomic E-state index is 9.60. The van der Waals surface area contributed by atoms with Gasteiger partial charge < -0.3 is 10.0 Å². The topological polar surface area (TPSA) is 36.4 Å². The summed E-state index contributed by atoms with van der Waals surface area (Å²) in [6.45, 7) is 8.37. The molecular weight excluding hydrogens is 232 g/mol. The Morgan fingerprint density at radius 3 is 2.65 bits per heavy atom. The average Bonchev–Trinajstić information content (AvgIpc) is 2.28. The lowest BCUT2D eigenvalue weighted by Crippen LogP contribution is -2.40. The van der Waals surface area contributed by atoms with Crippen LogP contribution in [0.3, 0.4) is 0 Å². The number of aliphatic hydroxyl groups excluding tert-OH is 1. The van der Waals surface area contributed by atoms with Gasteiger partial charge in [0.05, 0.1) is 6.10 Å². The minimum atomic E-state index is -0.425. The maximum Gasteiger partial charge on any atom is 0.128 e. The summed E-state index contributed by atoms with van der Waals surface area (Å²) in [6, 6.07) is 3.87. The number of hydrogen-bond acceptors (Lipinski definition) is 4. The fourth-order valence-corrected chi connectivity index (χ4v) is 3.56. The molecule has 0 amide bonds. The summed E-state index contributed by atoms with van der Waals surface area (Å²) in [7, 11) is 0. The van der Waals surface area contributed by atoms with Crippen LogP contribution in [0.15, 0.2) is 18.3 Å². The van der Waals surface area contributed by atoms with Crippen molar-refractivity contribution in [2.24, 2.45) is 0 Å². The van der Waals surface area contributed by atoms with Gasteiger partial charge in [-0.25, -0.2) is 4.98 Å². The van der Waals surface area contributed by atoms with Gasteiger partial charge in [-0.15, -0.1) is 0 Å². The van der Waals surface area contributed by atoms with Gasteiger partial charge in [-0.2, -0.15) is 11.8 Å². The van der Waals surface area contributed by atoms with Crippen molar-refractivity contribution in [3.63, 3.8) is 0 Å². The van der Waals surface area contributed by atoms with Crippen molar-refractivity contribution in [1.82, 2.24) is 4.98 Å². The third-order valence-corrected chi connectivity index (χ3v) is 4.22. The number of pyridine rings is 1. The quantitative estimate of drug-likeness (QED) is 0.877. The third-order valence-electron chi connectivity index (χ3n) is 3.00. The van der Waals surface area contributed by atoms with Crippen LogP contribution < -0.4 is 4.90 Å². The van der Waals surface area contributed by atoms with Gasteiger partial charge >= 0.3 is 0 Å². The zero-order valence-electron chi connectivity index (χ0n) is 10.6. The molecule has 0 aliphatic carbocycles. The Kier molecular flexibility index (Phi) is 3.94. The number of anilines is 1. The molecule has 3 atom stereocenters. The molecule has 3 nitrogen and oxygen atoms in total. The molecule has 4 heteroatoms. The number of thioether (sulfide) groups is 1. The minimum absolute atomic E-state index is 0.425. The van der Waals surface area contributed by atoms with Gasteiger partial charge in [-0.3, -0.25) is 0 Å². The zero-order chi connectivity index (χ0) is 12.4. The molecular formula is C13H20N2OS. The standard InChI is InChI=1S/C13H20N2OS/c1-9-7-15(8-10(2)17-9)13-6-12(11(3)16)4-5-14-13/h4-6,9-11,16H,7-8H2,1-3H3. The van der Waals surface area contributed by atoms with Crippen LogP contribution in [-0.4, -0.2) is 33.7 Å². The van der Waals surface area contributed by atoms with Crippen LogP contribution in [0.2, 0.25) is 0 Å². The highest BCUT2D eigenvalue weighted by atomic mass is 32.2. The first-order valence-electron chi connectivity index (χ1n) is 6.10. The van der Waals surface area contributed by atoms with E-state index in [2.05, 4.69) is 23.7 Å². The number of aromatic nitrogens is 1. The SMILES string of the molecule is CC1CN(c2cc(C(C)O)ccn2)CC(C)S1. The largest absolute Gasteiger partial charge is 0.389 e. The Labute approximate surface area is 107 Å². The number of hydrogen-bond donors (Lipinski definition) is 1. The van der Waals surface area contributed by atoms with E-state index in [0.717, 1.165) is 24.5 Å². The van der Waals surface area contributed by atoms with E-state index in [1.165, 1.54) is 0 Å². The second kappa shape index (κ2) is 5.27. The second-order valence-electron chi connectivity index (χ2n) is 4.79. The molecule has 1 N–H and O–H groups in total. The van der Waals surface area contributed by atoms with Gasteiger partial charge in [0.15, 0.2) is 0 Å². The Balaban J connectivity index is 2.18. The predicted molar refractivity (Wildman–Crippen MR) is 73.6 cm³/mol. The van der Waals surface area contributed by atoms with Crippen molar-refractivity contribution in [1.29, 1.82) is 0 Å². The Hall–Kier alpha value is -0.740. The molecule has 1 aromatic rings. The first kappa shape index (κ1) is 12.7. The Morgan fingerprint density at radius 1 is 1.41 bits per heavy atom. The molecule has 0 bridgehead atoms. The number of rotatable bonds is 2. The van der Waals surface area contributed by atoms with E-state index in [0.29, 0.717) is 10.5 Å². The fourth-order valence-electron chi connectivity index (χ4n) is 2.23.